The molecule has 0 amide bonds. The summed E-state index contributed by atoms with van der Waals surface area (Å²) in [6, 6.07) is 0. The lowest BCUT2D eigenvalue weighted by Crippen LogP contribution is -2.12. The number of rotatable bonds is 3. The number of ether oxygens (including phenoxy) is 1. The van der Waals surface area contributed by atoms with Crippen LogP contribution in [0.1, 0.15) is 26.7 Å². The molecule has 3 heteroatoms. The van der Waals surface area contributed by atoms with E-state index in [1.165, 1.54) is 0 Å². The van der Waals surface area contributed by atoms with Gasteiger partial charge in [0, 0.05) is 12.0 Å². The largest absolute Gasteiger partial charge is 0.390 e. The Balaban J connectivity index is 3.88. The second-order valence-corrected chi connectivity index (χ2v) is 2.07. The first-order chi connectivity index (χ1) is 5.11. The molecule has 3 nitrogen and oxygen atoms in total. The average molecular weight is 156 g/mol. The number of carbonyl (C=O) groups excluding carboxylic acids is 2. The summed E-state index contributed by atoms with van der Waals surface area (Å²) in [4.78, 5) is 21.4. The molecule has 0 aromatic carbocycles. The van der Waals surface area contributed by atoms with Gasteiger partial charge < -0.3 is 4.74 Å². The molecule has 0 saturated heterocycles. The van der Waals surface area contributed by atoms with Crippen LogP contribution < -0.4 is 0 Å². The maximum Gasteiger partial charge on any atom is 0.341 e. The minimum Gasteiger partial charge on any atom is -0.390 e. The van der Waals surface area contributed by atoms with Crippen molar-refractivity contribution in [3.63, 3.8) is 0 Å². The van der Waals surface area contributed by atoms with Crippen molar-refractivity contribution in [2.24, 2.45) is 0 Å². The Hall–Kier alpha value is -1.12. The normalized spacial score (nSPS) is 8.91. The molecule has 0 aliphatic heterocycles. The highest BCUT2D eigenvalue weighted by Crippen LogP contribution is 2.00. The van der Waals surface area contributed by atoms with Crippen molar-refractivity contribution in [2.75, 3.05) is 0 Å². The summed E-state index contributed by atoms with van der Waals surface area (Å²) < 4.78 is 4.37. The predicted molar refractivity (Wildman–Crippen MR) is 40.8 cm³/mol. The molecule has 0 rings (SSSR count). The van der Waals surface area contributed by atoms with Gasteiger partial charge >= 0.3 is 11.9 Å². The third-order valence-electron chi connectivity index (χ3n) is 1.21. The van der Waals surface area contributed by atoms with E-state index in [1.807, 2.05) is 0 Å². The van der Waals surface area contributed by atoms with Gasteiger partial charge in [-0.05, 0) is 6.42 Å². The molecule has 0 unspecified atom stereocenters. The zero-order valence-corrected chi connectivity index (χ0v) is 6.85. The summed E-state index contributed by atoms with van der Waals surface area (Å²) in [6.45, 7) is 6.84. The van der Waals surface area contributed by atoms with Crippen LogP contribution in [0.2, 0.25) is 0 Å². The quantitative estimate of drug-likeness (QED) is 0.352. The summed E-state index contributed by atoms with van der Waals surface area (Å²) in [7, 11) is 0. The van der Waals surface area contributed by atoms with Crippen LogP contribution in [0.25, 0.3) is 0 Å². The van der Waals surface area contributed by atoms with E-state index in [-0.39, 0.29) is 6.42 Å². The minimum atomic E-state index is -0.612. The Bertz CT molecular complexity index is 182. The molecule has 62 valence electrons. The highest BCUT2D eigenvalue weighted by molar-refractivity contribution is 5.95. The van der Waals surface area contributed by atoms with Gasteiger partial charge in [0.25, 0.3) is 0 Å². The van der Waals surface area contributed by atoms with Crippen LogP contribution in [0.5, 0.6) is 0 Å². The Labute approximate surface area is 66.0 Å². The standard InChI is InChI=1S/C8H12O3/c1-4-6(3)8(10)11-7(9)5-2/h3-5H2,1-2H3. The highest BCUT2D eigenvalue weighted by atomic mass is 16.6. The number of carbonyl (C=O) groups is 2. The maximum absolute atomic E-state index is 10.8. The van der Waals surface area contributed by atoms with Crippen LogP contribution in [-0.2, 0) is 14.3 Å². The van der Waals surface area contributed by atoms with Crippen LogP contribution in [0, 0.1) is 0 Å². The molecule has 0 aromatic rings. The number of hydrogen-bond donors (Lipinski definition) is 0. The van der Waals surface area contributed by atoms with Crippen LogP contribution in [0.3, 0.4) is 0 Å². The smallest absolute Gasteiger partial charge is 0.341 e. The predicted octanol–water partition coefficient (Wildman–Crippen LogP) is 1.43. The third kappa shape index (κ3) is 3.55. The van der Waals surface area contributed by atoms with E-state index in [9.17, 15) is 9.59 Å². The zero-order chi connectivity index (χ0) is 8.85. The molecule has 11 heavy (non-hydrogen) atoms. The summed E-state index contributed by atoms with van der Waals surface area (Å²) >= 11 is 0. The summed E-state index contributed by atoms with van der Waals surface area (Å²) in [5.41, 5.74) is 0.326. The van der Waals surface area contributed by atoms with E-state index in [2.05, 4.69) is 11.3 Å². The topological polar surface area (TPSA) is 43.4 Å². The van der Waals surface area contributed by atoms with Crippen molar-refractivity contribution in [1.82, 2.24) is 0 Å². The first kappa shape index (κ1) is 9.88. The number of hydrogen-bond acceptors (Lipinski definition) is 3. The summed E-state index contributed by atoms with van der Waals surface area (Å²) in [5, 5.41) is 0. The first-order valence-corrected chi connectivity index (χ1v) is 3.54. The maximum atomic E-state index is 10.8. The lowest BCUT2D eigenvalue weighted by Gasteiger charge is -2.00. The molecule has 0 radical (unpaired) electrons. The van der Waals surface area contributed by atoms with E-state index in [1.54, 1.807) is 13.8 Å². The van der Waals surface area contributed by atoms with Crippen LogP contribution in [0.15, 0.2) is 12.2 Å². The molecular weight excluding hydrogens is 144 g/mol. The van der Waals surface area contributed by atoms with Gasteiger partial charge in [0.1, 0.15) is 0 Å². The Morgan fingerprint density at radius 2 is 1.82 bits per heavy atom. The molecule has 0 heterocycles. The van der Waals surface area contributed by atoms with Crippen molar-refractivity contribution in [3.05, 3.63) is 12.2 Å². The first-order valence-electron chi connectivity index (χ1n) is 3.54. The van der Waals surface area contributed by atoms with Crippen molar-refractivity contribution in [2.45, 2.75) is 26.7 Å². The molecule has 0 fully saturated rings. The Morgan fingerprint density at radius 1 is 1.27 bits per heavy atom. The fourth-order valence-electron chi connectivity index (χ4n) is 0.392. The van der Waals surface area contributed by atoms with Gasteiger partial charge in [-0.1, -0.05) is 20.4 Å². The van der Waals surface area contributed by atoms with E-state index in [0.717, 1.165) is 0 Å². The van der Waals surface area contributed by atoms with Crippen LogP contribution >= 0.6 is 0 Å². The number of esters is 2. The van der Waals surface area contributed by atoms with Gasteiger partial charge in [0.05, 0.1) is 0 Å². The van der Waals surface area contributed by atoms with Gasteiger partial charge in [0.2, 0.25) is 0 Å². The molecule has 0 bridgehead atoms. The van der Waals surface area contributed by atoms with Crippen molar-refractivity contribution in [1.29, 1.82) is 0 Å². The fourth-order valence-corrected chi connectivity index (χ4v) is 0.392. The molecule has 0 saturated carbocycles. The Kier molecular flexibility index (Phi) is 4.18. The van der Waals surface area contributed by atoms with E-state index < -0.39 is 11.9 Å². The second kappa shape index (κ2) is 4.66. The van der Waals surface area contributed by atoms with Crippen LogP contribution in [-0.4, -0.2) is 11.9 Å². The lowest BCUT2D eigenvalue weighted by molar-refractivity contribution is -0.156. The minimum absolute atomic E-state index is 0.211. The summed E-state index contributed by atoms with van der Waals surface area (Å²) in [6.07, 6.45) is 0.721. The van der Waals surface area contributed by atoms with Gasteiger partial charge in [-0.2, -0.15) is 0 Å². The van der Waals surface area contributed by atoms with Crippen molar-refractivity contribution < 1.29 is 14.3 Å². The monoisotopic (exact) mass is 156 g/mol. The van der Waals surface area contributed by atoms with Gasteiger partial charge in [-0.25, -0.2) is 4.79 Å². The SMILES string of the molecule is C=C(CC)C(=O)OC(=O)CC. The van der Waals surface area contributed by atoms with Crippen LogP contribution in [0.4, 0.5) is 0 Å². The third-order valence-corrected chi connectivity index (χ3v) is 1.21. The molecule has 0 aliphatic carbocycles. The average Bonchev–Trinajstić information content (AvgIpc) is 2.02. The van der Waals surface area contributed by atoms with Crippen molar-refractivity contribution in [3.8, 4) is 0 Å². The molecule has 0 aliphatic rings. The van der Waals surface area contributed by atoms with E-state index in [4.69, 9.17) is 0 Å². The van der Waals surface area contributed by atoms with Crippen molar-refractivity contribution >= 4 is 11.9 Å². The molecule has 0 spiro atoms. The molecule has 0 N–H and O–H groups in total. The fraction of sp³-hybridized carbons (Fsp3) is 0.500. The molecule has 0 aromatic heterocycles. The van der Waals surface area contributed by atoms with Gasteiger partial charge in [-0.15, -0.1) is 0 Å². The summed E-state index contributed by atoms with van der Waals surface area (Å²) in [5.74, 6) is -1.12. The second-order valence-electron chi connectivity index (χ2n) is 2.07. The van der Waals surface area contributed by atoms with E-state index >= 15 is 0 Å². The zero-order valence-electron chi connectivity index (χ0n) is 6.85. The lowest BCUT2D eigenvalue weighted by atomic mass is 10.2. The molecule has 0 atom stereocenters. The van der Waals surface area contributed by atoms with E-state index in [0.29, 0.717) is 12.0 Å². The van der Waals surface area contributed by atoms with Gasteiger partial charge in [-0.3, -0.25) is 4.79 Å². The highest BCUT2D eigenvalue weighted by Gasteiger charge is 2.09. The molecular formula is C8H12O3. The Morgan fingerprint density at radius 3 is 2.18 bits per heavy atom. The van der Waals surface area contributed by atoms with Gasteiger partial charge in [0.15, 0.2) is 0 Å².